The van der Waals surface area contributed by atoms with Crippen LogP contribution < -0.4 is 0 Å². The number of hydrogen-bond acceptors (Lipinski definition) is 5. The maximum atomic E-state index is 13.6. The van der Waals surface area contributed by atoms with Gasteiger partial charge in [-0.2, -0.15) is 8.78 Å². The van der Waals surface area contributed by atoms with Crippen molar-refractivity contribution in [1.82, 2.24) is 4.98 Å². The van der Waals surface area contributed by atoms with Gasteiger partial charge in [0, 0.05) is 6.20 Å². The molecule has 1 aliphatic rings. The second-order valence-electron chi connectivity index (χ2n) is 3.65. The predicted octanol–water partition coefficient (Wildman–Crippen LogP) is 2.25. The lowest BCUT2D eigenvalue weighted by Crippen LogP contribution is -2.29. The molecule has 0 N–H and O–H groups in total. The van der Waals surface area contributed by atoms with E-state index in [0.717, 1.165) is 6.07 Å². The van der Waals surface area contributed by atoms with E-state index in [1.54, 1.807) is 0 Å². The molecule has 0 aromatic carbocycles. The normalized spacial score (nSPS) is 14.9. The average molecular weight is 271 g/mol. The first-order chi connectivity index (χ1) is 9.05. The minimum Gasteiger partial charge on any atom is -0.461 e. The number of nitrogens with zero attached hydrogens (tertiary/aromatic N) is 1. The van der Waals surface area contributed by atoms with Crippen LogP contribution in [0.4, 0.5) is 8.78 Å². The molecular weight excluding hydrogens is 260 g/mol. The highest BCUT2D eigenvalue weighted by atomic mass is 19.3. The Morgan fingerprint density at radius 1 is 1.42 bits per heavy atom. The molecule has 0 radical (unpaired) electrons. The molecule has 0 saturated carbocycles. The molecule has 5 nitrogen and oxygen atoms in total. The first-order valence-corrected chi connectivity index (χ1v) is 5.53. The van der Waals surface area contributed by atoms with Crippen LogP contribution in [0.25, 0.3) is 0 Å². The van der Waals surface area contributed by atoms with Gasteiger partial charge < -0.3 is 14.2 Å². The molecule has 0 fully saturated rings. The Morgan fingerprint density at radius 3 is 2.63 bits per heavy atom. The van der Waals surface area contributed by atoms with Gasteiger partial charge in [0.15, 0.2) is 0 Å². The SMILES string of the molecule is CCOC(=O)C(F)(F)c1ccc(C2OC=CO2)cn1. The van der Waals surface area contributed by atoms with Gasteiger partial charge in [0.25, 0.3) is 6.29 Å². The Morgan fingerprint density at radius 2 is 2.11 bits per heavy atom. The molecule has 102 valence electrons. The molecule has 2 heterocycles. The van der Waals surface area contributed by atoms with Gasteiger partial charge >= 0.3 is 11.9 Å². The lowest BCUT2D eigenvalue weighted by Gasteiger charge is -2.15. The number of alkyl halides is 2. The molecule has 7 heteroatoms. The zero-order valence-electron chi connectivity index (χ0n) is 10.0. The summed E-state index contributed by atoms with van der Waals surface area (Å²) < 4.78 is 41.6. The minimum absolute atomic E-state index is 0.123. The van der Waals surface area contributed by atoms with Gasteiger partial charge in [-0.3, -0.25) is 4.98 Å². The number of esters is 1. The number of ether oxygens (including phenoxy) is 3. The maximum Gasteiger partial charge on any atom is 0.384 e. The third-order valence-electron chi connectivity index (χ3n) is 2.37. The van der Waals surface area contributed by atoms with Gasteiger partial charge in [-0.05, 0) is 19.1 Å². The molecular formula is C12H11F2NO4. The molecule has 0 amide bonds. The molecule has 0 atom stereocenters. The van der Waals surface area contributed by atoms with E-state index in [2.05, 4.69) is 9.72 Å². The van der Waals surface area contributed by atoms with E-state index in [0.29, 0.717) is 5.56 Å². The van der Waals surface area contributed by atoms with Crippen molar-refractivity contribution >= 4 is 5.97 Å². The van der Waals surface area contributed by atoms with Crippen LogP contribution in [-0.4, -0.2) is 17.6 Å². The summed E-state index contributed by atoms with van der Waals surface area (Å²) in [7, 11) is 0. The van der Waals surface area contributed by atoms with Gasteiger partial charge in [-0.1, -0.05) is 0 Å². The van der Waals surface area contributed by atoms with Gasteiger partial charge in [0.05, 0.1) is 12.2 Å². The molecule has 0 bridgehead atoms. The fourth-order valence-electron chi connectivity index (χ4n) is 1.45. The van der Waals surface area contributed by atoms with Crippen molar-refractivity contribution in [3.05, 3.63) is 42.1 Å². The van der Waals surface area contributed by atoms with Crippen LogP contribution in [0.1, 0.15) is 24.5 Å². The van der Waals surface area contributed by atoms with Crippen molar-refractivity contribution in [3.8, 4) is 0 Å². The number of halogens is 2. The van der Waals surface area contributed by atoms with Gasteiger partial charge in [-0.15, -0.1) is 0 Å². The fourth-order valence-corrected chi connectivity index (χ4v) is 1.45. The van der Waals surface area contributed by atoms with E-state index in [9.17, 15) is 13.6 Å². The highest BCUT2D eigenvalue weighted by Gasteiger charge is 2.44. The first kappa shape index (κ1) is 13.3. The first-order valence-electron chi connectivity index (χ1n) is 5.53. The number of rotatable bonds is 4. The maximum absolute atomic E-state index is 13.6. The third kappa shape index (κ3) is 2.64. The molecule has 19 heavy (non-hydrogen) atoms. The fraction of sp³-hybridized carbons (Fsp3) is 0.333. The van der Waals surface area contributed by atoms with Crippen LogP contribution in [0, 0.1) is 0 Å². The summed E-state index contributed by atoms with van der Waals surface area (Å²) in [5.74, 6) is -5.39. The Bertz CT molecular complexity index is 479. The Kier molecular flexibility index (Phi) is 3.64. The van der Waals surface area contributed by atoms with Crippen LogP contribution >= 0.6 is 0 Å². The summed E-state index contributed by atoms with van der Waals surface area (Å²) in [6.07, 6.45) is 3.15. The van der Waals surface area contributed by atoms with Gasteiger partial charge in [-0.25, -0.2) is 4.79 Å². The Hall–Kier alpha value is -2.18. The number of hydrogen-bond donors (Lipinski definition) is 0. The molecule has 1 aromatic rings. The summed E-state index contributed by atoms with van der Waals surface area (Å²) in [6, 6.07) is 2.39. The molecule has 1 aliphatic heterocycles. The van der Waals surface area contributed by atoms with E-state index in [1.165, 1.54) is 31.7 Å². The van der Waals surface area contributed by atoms with Crippen LogP contribution in [0.3, 0.4) is 0 Å². The summed E-state index contributed by atoms with van der Waals surface area (Å²) >= 11 is 0. The van der Waals surface area contributed by atoms with E-state index in [4.69, 9.17) is 9.47 Å². The molecule has 1 aromatic heterocycles. The van der Waals surface area contributed by atoms with E-state index >= 15 is 0 Å². The second kappa shape index (κ2) is 5.21. The largest absolute Gasteiger partial charge is 0.461 e. The van der Waals surface area contributed by atoms with E-state index in [1.807, 2.05) is 0 Å². The van der Waals surface area contributed by atoms with Crippen LogP contribution in [-0.2, 0) is 24.9 Å². The number of aromatic nitrogens is 1. The van der Waals surface area contributed by atoms with Crippen molar-refractivity contribution in [2.75, 3.05) is 6.61 Å². The summed E-state index contributed by atoms with van der Waals surface area (Å²) in [5, 5.41) is 0. The zero-order valence-corrected chi connectivity index (χ0v) is 10.0. The lowest BCUT2D eigenvalue weighted by atomic mass is 10.2. The smallest absolute Gasteiger partial charge is 0.384 e. The van der Waals surface area contributed by atoms with Crippen molar-refractivity contribution in [2.24, 2.45) is 0 Å². The standard InChI is InChI=1S/C12H11F2NO4/c1-2-17-11(16)12(13,14)9-4-3-8(7-15-9)10-18-5-6-19-10/h3-7,10H,2H2,1H3. The third-order valence-corrected chi connectivity index (χ3v) is 2.37. The zero-order chi connectivity index (χ0) is 13.9. The molecule has 0 unspecified atom stereocenters. The number of carbonyl (C=O) groups excluding carboxylic acids is 1. The topological polar surface area (TPSA) is 57.7 Å². The minimum atomic E-state index is -3.77. The monoisotopic (exact) mass is 271 g/mol. The van der Waals surface area contributed by atoms with Crippen LogP contribution in [0.15, 0.2) is 30.9 Å². The van der Waals surface area contributed by atoms with E-state index < -0.39 is 23.9 Å². The lowest BCUT2D eigenvalue weighted by molar-refractivity contribution is -0.173. The summed E-state index contributed by atoms with van der Waals surface area (Å²) in [4.78, 5) is 14.7. The number of carbonyl (C=O) groups is 1. The molecule has 0 spiro atoms. The highest BCUT2D eigenvalue weighted by Crippen LogP contribution is 2.30. The molecule has 0 saturated heterocycles. The van der Waals surface area contributed by atoms with Crippen molar-refractivity contribution < 1.29 is 27.8 Å². The summed E-state index contributed by atoms with van der Waals surface area (Å²) in [6.45, 7) is 1.33. The van der Waals surface area contributed by atoms with Gasteiger partial charge in [0.2, 0.25) is 0 Å². The van der Waals surface area contributed by atoms with Crippen molar-refractivity contribution in [3.63, 3.8) is 0 Å². The van der Waals surface area contributed by atoms with Crippen molar-refractivity contribution in [1.29, 1.82) is 0 Å². The summed E-state index contributed by atoms with van der Waals surface area (Å²) in [5.41, 5.74) is -0.214. The average Bonchev–Trinajstić information content (AvgIpc) is 2.93. The predicted molar refractivity (Wildman–Crippen MR) is 58.8 cm³/mol. The van der Waals surface area contributed by atoms with Crippen molar-refractivity contribution in [2.45, 2.75) is 19.1 Å². The highest BCUT2D eigenvalue weighted by molar-refractivity contribution is 5.78. The van der Waals surface area contributed by atoms with Crippen LogP contribution in [0.2, 0.25) is 0 Å². The second-order valence-corrected chi connectivity index (χ2v) is 3.65. The van der Waals surface area contributed by atoms with Crippen LogP contribution in [0.5, 0.6) is 0 Å². The molecule has 2 rings (SSSR count). The van der Waals surface area contributed by atoms with Gasteiger partial charge in [0.1, 0.15) is 18.2 Å². The Balaban J connectivity index is 2.15. The van der Waals surface area contributed by atoms with E-state index in [-0.39, 0.29) is 6.61 Å². The molecule has 0 aliphatic carbocycles. The Labute approximate surface area is 107 Å². The quantitative estimate of drug-likeness (QED) is 0.786. The number of pyridine rings is 1.